The van der Waals surface area contributed by atoms with Crippen molar-refractivity contribution >= 4 is 33.6 Å². The number of carbonyl (C=O) groups is 1. The highest BCUT2D eigenvalue weighted by atomic mass is 79.9. The third-order valence-electron chi connectivity index (χ3n) is 6.69. The number of amides is 1. The molecular formula is C28H23BrClF6NO2. The van der Waals surface area contributed by atoms with Gasteiger partial charge in [0.05, 0.1) is 23.7 Å². The number of rotatable bonds is 5. The fraction of sp³-hybridized carbons (Fsp3) is 0.321. The number of hydrogen-bond donors (Lipinski definition) is 0. The molecule has 1 amide bonds. The second-order valence-electron chi connectivity index (χ2n) is 9.71. The topological polar surface area (TPSA) is 29.5 Å². The molecule has 0 aliphatic carbocycles. The van der Waals surface area contributed by atoms with Gasteiger partial charge in [0.15, 0.2) is 0 Å². The molecule has 2 atom stereocenters. The predicted octanol–water partition coefficient (Wildman–Crippen LogP) is 10.0. The highest BCUT2D eigenvalue weighted by Gasteiger charge is 2.43. The summed E-state index contributed by atoms with van der Waals surface area (Å²) in [5, 5.41) is 0.488. The van der Waals surface area contributed by atoms with E-state index in [-0.39, 0.29) is 24.1 Å². The summed E-state index contributed by atoms with van der Waals surface area (Å²) in [5.41, 5.74) is -0.157. The van der Waals surface area contributed by atoms with Gasteiger partial charge in [0.2, 0.25) is 0 Å². The van der Waals surface area contributed by atoms with Crippen molar-refractivity contribution in [2.45, 2.75) is 57.7 Å². The minimum atomic E-state index is -5.02. The van der Waals surface area contributed by atoms with E-state index >= 15 is 0 Å². The molecule has 3 aromatic rings. The van der Waals surface area contributed by atoms with Gasteiger partial charge in [0.1, 0.15) is 6.10 Å². The fourth-order valence-electron chi connectivity index (χ4n) is 4.55. The molecule has 3 nitrogen and oxygen atoms in total. The van der Waals surface area contributed by atoms with E-state index in [1.165, 1.54) is 11.8 Å². The molecule has 0 radical (unpaired) electrons. The molecule has 0 spiro atoms. The molecule has 0 saturated carbocycles. The highest BCUT2D eigenvalue weighted by Crippen LogP contribution is 2.42. The molecule has 1 heterocycles. The van der Waals surface area contributed by atoms with Gasteiger partial charge < -0.3 is 4.74 Å². The molecule has 1 saturated heterocycles. The summed E-state index contributed by atoms with van der Waals surface area (Å²) in [6.07, 6.45) is -12.2. The van der Waals surface area contributed by atoms with Crippen molar-refractivity contribution in [1.29, 1.82) is 0 Å². The van der Waals surface area contributed by atoms with Crippen molar-refractivity contribution in [3.63, 3.8) is 0 Å². The van der Waals surface area contributed by atoms with Crippen LogP contribution in [0.2, 0.25) is 5.02 Å². The number of carbonyl (C=O) groups excluding carboxylic acids is 1. The molecular weight excluding hydrogens is 612 g/mol. The first-order chi connectivity index (χ1) is 18.1. The molecule has 0 N–H and O–H groups in total. The summed E-state index contributed by atoms with van der Waals surface area (Å²) in [4.78, 5) is 14.2. The molecule has 1 aliphatic rings. The van der Waals surface area contributed by atoms with Crippen molar-refractivity contribution in [2.75, 3.05) is 0 Å². The zero-order valence-electron chi connectivity index (χ0n) is 20.9. The summed E-state index contributed by atoms with van der Waals surface area (Å²) < 4.78 is 86.5. The lowest BCUT2D eigenvalue weighted by atomic mass is 9.94. The smallest absolute Gasteiger partial charge is 0.416 e. The Hall–Kier alpha value is -2.72. The SMILES string of the molecule is CC(C)c1ccc(Cl)c(-c2ccc(Br)cc2CN2C(=O)OC(c3cc(C(F)(F)F)cc(C(F)(F)F)c3)[C@@H]2C)c1. The van der Waals surface area contributed by atoms with Gasteiger partial charge in [-0.2, -0.15) is 26.3 Å². The maximum Gasteiger partial charge on any atom is 0.416 e. The van der Waals surface area contributed by atoms with Crippen LogP contribution in [0.3, 0.4) is 0 Å². The van der Waals surface area contributed by atoms with E-state index in [0.29, 0.717) is 27.2 Å². The Labute approximate surface area is 234 Å². The van der Waals surface area contributed by atoms with Gasteiger partial charge in [-0.3, -0.25) is 4.90 Å². The Bertz CT molecular complexity index is 1370. The van der Waals surface area contributed by atoms with Crippen LogP contribution in [0.4, 0.5) is 31.1 Å². The van der Waals surface area contributed by atoms with Gasteiger partial charge in [-0.15, -0.1) is 0 Å². The summed E-state index contributed by atoms with van der Waals surface area (Å²) in [7, 11) is 0. The number of cyclic esters (lactones) is 1. The quantitative estimate of drug-likeness (QED) is 0.262. The highest BCUT2D eigenvalue weighted by molar-refractivity contribution is 9.10. The van der Waals surface area contributed by atoms with Crippen LogP contribution in [0, 0.1) is 0 Å². The molecule has 1 aliphatic heterocycles. The summed E-state index contributed by atoms with van der Waals surface area (Å²) in [6.45, 7) is 5.58. The fourth-order valence-corrected chi connectivity index (χ4v) is 5.18. The molecule has 3 aromatic carbocycles. The molecule has 0 aromatic heterocycles. The number of benzene rings is 3. The van der Waals surface area contributed by atoms with Crippen molar-refractivity contribution < 1.29 is 35.9 Å². The first kappa shape index (κ1) is 29.3. The molecule has 0 bridgehead atoms. The van der Waals surface area contributed by atoms with Crippen LogP contribution < -0.4 is 0 Å². The molecule has 1 fully saturated rings. The second-order valence-corrected chi connectivity index (χ2v) is 11.0. The zero-order chi connectivity index (χ0) is 28.9. The van der Waals surface area contributed by atoms with Crippen LogP contribution in [-0.4, -0.2) is 17.0 Å². The first-order valence-electron chi connectivity index (χ1n) is 11.9. The Kier molecular flexibility index (Phi) is 8.02. The van der Waals surface area contributed by atoms with Gasteiger partial charge in [-0.05, 0) is 77.6 Å². The standard InChI is InChI=1S/C28H23BrClF6NO2/c1-14(2)16-4-7-24(30)23(11-16)22-6-5-21(29)10-18(22)13-37-15(3)25(39-26(37)38)17-8-19(27(31,32)33)12-20(9-17)28(34,35)36/h4-12,14-15,25H,13H2,1-3H3/t15-,25?/m0/s1. The molecule has 208 valence electrons. The number of halogens is 8. The molecule has 39 heavy (non-hydrogen) atoms. The number of hydrogen-bond acceptors (Lipinski definition) is 2. The van der Waals surface area contributed by atoms with Gasteiger partial charge in [0.25, 0.3) is 0 Å². The van der Waals surface area contributed by atoms with Gasteiger partial charge in [-0.1, -0.05) is 53.5 Å². The van der Waals surface area contributed by atoms with E-state index in [1.54, 1.807) is 12.1 Å². The van der Waals surface area contributed by atoms with Crippen molar-refractivity contribution in [3.05, 3.63) is 91.9 Å². The van der Waals surface area contributed by atoms with Crippen LogP contribution >= 0.6 is 27.5 Å². The van der Waals surface area contributed by atoms with Crippen LogP contribution in [0.5, 0.6) is 0 Å². The maximum atomic E-state index is 13.4. The van der Waals surface area contributed by atoms with Gasteiger partial charge >= 0.3 is 18.4 Å². The normalized spacial score (nSPS) is 18.2. The van der Waals surface area contributed by atoms with Crippen LogP contribution in [-0.2, 0) is 23.6 Å². The van der Waals surface area contributed by atoms with E-state index in [2.05, 4.69) is 15.9 Å². The summed E-state index contributed by atoms with van der Waals surface area (Å²) in [5.74, 6) is 0.225. The molecule has 4 rings (SSSR count). The van der Waals surface area contributed by atoms with Crippen molar-refractivity contribution in [2.24, 2.45) is 0 Å². The van der Waals surface area contributed by atoms with E-state index < -0.39 is 41.7 Å². The molecule has 11 heteroatoms. The van der Waals surface area contributed by atoms with Crippen LogP contribution in [0.1, 0.15) is 60.6 Å². The van der Waals surface area contributed by atoms with Gasteiger partial charge in [0, 0.05) is 15.1 Å². The second kappa shape index (κ2) is 10.7. The Balaban J connectivity index is 1.72. The third-order valence-corrected chi connectivity index (χ3v) is 7.51. The third kappa shape index (κ3) is 6.22. The summed E-state index contributed by atoms with van der Waals surface area (Å²) in [6, 6.07) is 11.4. The van der Waals surface area contributed by atoms with E-state index in [9.17, 15) is 31.1 Å². The lowest BCUT2D eigenvalue weighted by molar-refractivity contribution is -0.143. The Morgan fingerprint density at radius 2 is 1.54 bits per heavy atom. The predicted molar refractivity (Wildman–Crippen MR) is 139 cm³/mol. The van der Waals surface area contributed by atoms with Crippen molar-refractivity contribution in [1.82, 2.24) is 4.90 Å². The number of alkyl halides is 6. The monoisotopic (exact) mass is 633 g/mol. The van der Waals surface area contributed by atoms with Crippen molar-refractivity contribution in [3.8, 4) is 11.1 Å². The minimum Gasteiger partial charge on any atom is -0.439 e. The largest absolute Gasteiger partial charge is 0.439 e. The van der Waals surface area contributed by atoms with Crippen LogP contribution in [0.25, 0.3) is 11.1 Å². The number of ether oxygens (including phenoxy) is 1. The zero-order valence-corrected chi connectivity index (χ0v) is 23.3. The number of nitrogens with zero attached hydrogens (tertiary/aromatic N) is 1. The Morgan fingerprint density at radius 3 is 2.10 bits per heavy atom. The lowest BCUT2D eigenvalue weighted by Crippen LogP contribution is -2.31. The first-order valence-corrected chi connectivity index (χ1v) is 13.1. The minimum absolute atomic E-state index is 0.0153. The average molecular weight is 635 g/mol. The lowest BCUT2D eigenvalue weighted by Gasteiger charge is -2.24. The van der Waals surface area contributed by atoms with Gasteiger partial charge in [-0.25, -0.2) is 4.79 Å². The average Bonchev–Trinajstić information content (AvgIpc) is 3.11. The van der Waals surface area contributed by atoms with E-state index in [1.807, 2.05) is 38.1 Å². The molecule has 1 unspecified atom stereocenters. The van der Waals surface area contributed by atoms with E-state index in [0.717, 1.165) is 16.7 Å². The van der Waals surface area contributed by atoms with Crippen LogP contribution in [0.15, 0.2) is 59.1 Å². The Morgan fingerprint density at radius 1 is 0.923 bits per heavy atom. The maximum absolute atomic E-state index is 13.4. The summed E-state index contributed by atoms with van der Waals surface area (Å²) >= 11 is 9.95. The van der Waals surface area contributed by atoms with E-state index in [4.69, 9.17) is 16.3 Å².